The minimum Gasteiger partial charge on any atom is -0.494 e. The van der Waals surface area contributed by atoms with E-state index in [1.165, 1.54) is 12.8 Å². The highest BCUT2D eigenvalue weighted by Crippen LogP contribution is 2.25. The maximum atomic E-state index is 6.04. The Bertz CT molecular complexity index is 774. The fourth-order valence-electron chi connectivity index (χ4n) is 3.68. The number of benzene rings is 1. The van der Waals surface area contributed by atoms with E-state index < -0.39 is 0 Å². The van der Waals surface area contributed by atoms with Crippen LogP contribution in [0.15, 0.2) is 29.4 Å². The average molecular weight is 383 g/mol. The molecule has 28 heavy (non-hydrogen) atoms. The molecule has 1 saturated heterocycles. The summed E-state index contributed by atoms with van der Waals surface area (Å²) >= 11 is 0. The zero-order chi connectivity index (χ0) is 19.9. The van der Waals surface area contributed by atoms with Crippen LogP contribution in [0.4, 0.5) is 5.82 Å². The lowest BCUT2D eigenvalue weighted by Crippen LogP contribution is -2.34. The zero-order valence-electron chi connectivity index (χ0n) is 17.3. The van der Waals surface area contributed by atoms with Gasteiger partial charge in [-0.1, -0.05) is 5.16 Å². The summed E-state index contributed by atoms with van der Waals surface area (Å²) in [5, 5.41) is 12.3. The predicted molar refractivity (Wildman–Crippen MR) is 112 cm³/mol. The average Bonchev–Trinajstić information content (AvgIpc) is 2.69. The highest BCUT2D eigenvalue weighted by molar-refractivity contribution is 5.83. The van der Waals surface area contributed by atoms with Gasteiger partial charge in [-0.3, -0.25) is 0 Å². The topological polar surface area (TPSA) is 59.8 Å². The quantitative estimate of drug-likeness (QED) is 0.534. The van der Waals surface area contributed by atoms with Crippen LogP contribution in [0.5, 0.6) is 5.75 Å². The van der Waals surface area contributed by atoms with Crippen LogP contribution in [0.1, 0.15) is 41.6 Å². The molecule has 6 nitrogen and oxygen atoms in total. The molecule has 0 unspecified atom stereocenters. The third-order valence-corrected chi connectivity index (χ3v) is 5.37. The molecule has 0 spiro atoms. The third-order valence-electron chi connectivity index (χ3n) is 5.37. The van der Waals surface area contributed by atoms with Crippen molar-refractivity contribution in [1.29, 1.82) is 0 Å². The molecule has 1 fully saturated rings. The first-order valence-electron chi connectivity index (χ1n) is 9.92. The number of oxime groups is 1. The van der Waals surface area contributed by atoms with Crippen LogP contribution in [0.3, 0.4) is 0 Å². The van der Waals surface area contributed by atoms with E-state index in [1.807, 2.05) is 13.0 Å². The zero-order valence-corrected chi connectivity index (χ0v) is 17.3. The second-order valence-electron chi connectivity index (χ2n) is 7.49. The van der Waals surface area contributed by atoms with E-state index in [4.69, 9.17) is 9.57 Å². The number of ether oxygens (including phenoxy) is 1. The normalized spacial score (nSPS) is 15.2. The monoisotopic (exact) mass is 382 g/mol. The van der Waals surface area contributed by atoms with Gasteiger partial charge in [-0.05, 0) is 81.3 Å². The molecule has 0 aliphatic carbocycles. The van der Waals surface area contributed by atoms with Gasteiger partial charge in [0.1, 0.15) is 12.9 Å². The number of rotatable bonds is 7. The molecule has 3 rings (SSSR count). The molecule has 150 valence electrons. The van der Waals surface area contributed by atoms with Crippen molar-refractivity contribution < 1.29 is 9.57 Å². The fraction of sp³-hybridized carbons (Fsp3) is 0.500. The van der Waals surface area contributed by atoms with E-state index in [0.717, 1.165) is 60.1 Å². The standard InChI is InChI=1S/C22H30N4O2/c1-16-13-20(14-17(2)21(16)15-23-27-4)28-12-9-19-7-10-26(11-8-19)22-6-5-18(3)24-25-22/h5-6,13-15,19H,7-12H2,1-4H3/b23-15+. The van der Waals surface area contributed by atoms with Crippen molar-refractivity contribution in [3.05, 3.63) is 46.6 Å². The Morgan fingerprint density at radius 2 is 1.82 bits per heavy atom. The van der Waals surface area contributed by atoms with Gasteiger partial charge in [0.05, 0.1) is 18.5 Å². The van der Waals surface area contributed by atoms with Gasteiger partial charge >= 0.3 is 0 Å². The molecule has 0 atom stereocenters. The van der Waals surface area contributed by atoms with Gasteiger partial charge in [0.2, 0.25) is 0 Å². The van der Waals surface area contributed by atoms with Crippen molar-refractivity contribution in [1.82, 2.24) is 10.2 Å². The highest BCUT2D eigenvalue weighted by Gasteiger charge is 2.20. The lowest BCUT2D eigenvalue weighted by molar-refractivity contribution is 0.215. The third kappa shape index (κ3) is 5.21. The summed E-state index contributed by atoms with van der Waals surface area (Å²) in [5.41, 5.74) is 4.33. The number of nitrogens with zero attached hydrogens (tertiary/aromatic N) is 4. The molecule has 2 heterocycles. The molecule has 0 saturated carbocycles. The van der Waals surface area contributed by atoms with E-state index in [0.29, 0.717) is 5.92 Å². The Morgan fingerprint density at radius 1 is 1.11 bits per heavy atom. The number of aryl methyl sites for hydroxylation is 3. The van der Waals surface area contributed by atoms with Gasteiger partial charge in [-0.25, -0.2) is 0 Å². The lowest BCUT2D eigenvalue weighted by atomic mass is 9.94. The molecule has 0 radical (unpaired) electrons. The lowest BCUT2D eigenvalue weighted by Gasteiger charge is -2.32. The summed E-state index contributed by atoms with van der Waals surface area (Å²) in [6.45, 7) is 8.93. The minimum atomic E-state index is 0.699. The van der Waals surface area contributed by atoms with Gasteiger partial charge in [0.25, 0.3) is 0 Å². The smallest absolute Gasteiger partial charge is 0.151 e. The molecule has 0 amide bonds. The van der Waals surface area contributed by atoms with Crippen molar-refractivity contribution in [3.8, 4) is 5.75 Å². The van der Waals surface area contributed by atoms with Crippen LogP contribution < -0.4 is 9.64 Å². The first-order chi connectivity index (χ1) is 13.6. The van der Waals surface area contributed by atoms with E-state index in [1.54, 1.807) is 13.3 Å². The summed E-state index contributed by atoms with van der Waals surface area (Å²) in [5.74, 6) is 2.62. The highest BCUT2D eigenvalue weighted by atomic mass is 16.6. The summed E-state index contributed by atoms with van der Waals surface area (Å²) in [6.07, 6.45) is 5.17. The minimum absolute atomic E-state index is 0.699. The summed E-state index contributed by atoms with van der Waals surface area (Å²) in [6, 6.07) is 8.24. The SMILES string of the molecule is CO/N=C/c1c(C)cc(OCCC2CCN(c3ccc(C)nn3)CC2)cc1C. The molecule has 0 N–H and O–H groups in total. The van der Waals surface area contributed by atoms with Crippen molar-refractivity contribution in [3.63, 3.8) is 0 Å². The number of hydrogen-bond acceptors (Lipinski definition) is 6. The van der Waals surface area contributed by atoms with Crippen molar-refractivity contribution in [2.24, 2.45) is 11.1 Å². The predicted octanol–water partition coefficient (Wildman–Crippen LogP) is 4.07. The molecule has 6 heteroatoms. The van der Waals surface area contributed by atoms with Crippen LogP contribution in [0, 0.1) is 26.7 Å². The van der Waals surface area contributed by atoms with E-state index >= 15 is 0 Å². The molecule has 1 aliphatic rings. The van der Waals surface area contributed by atoms with Crippen LogP contribution in [0.2, 0.25) is 0 Å². The molecular formula is C22H30N4O2. The Morgan fingerprint density at radius 3 is 2.43 bits per heavy atom. The maximum absolute atomic E-state index is 6.04. The van der Waals surface area contributed by atoms with Gasteiger partial charge in [-0.15, -0.1) is 5.10 Å². The van der Waals surface area contributed by atoms with Crippen LogP contribution in [0.25, 0.3) is 0 Å². The first kappa shape index (κ1) is 20.1. The Hall–Kier alpha value is -2.63. The van der Waals surface area contributed by atoms with Gasteiger partial charge in [-0.2, -0.15) is 5.10 Å². The van der Waals surface area contributed by atoms with Crippen LogP contribution in [-0.4, -0.2) is 43.2 Å². The van der Waals surface area contributed by atoms with Crippen LogP contribution >= 0.6 is 0 Å². The number of hydrogen-bond donors (Lipinski definition) is 0. The van der Waals surface area contributed by atoms with E-state index in [2.05, 4.69) is 52.3 Å². The van der Waals surface area contributed by atoms with Gasteiger partial charge < -0.3 is 14.5 Å². The van der Waals surface area contributed by atoms with Crippen molar-refractivity contribution in [2.75, 3.05) is 31.7 Å². The van der Waals surface area contributed by atoms with Gasteiger partial charge in [0, 0.05) is 18.7 Å². The van der Waals surface area contributed by atoms with E-state index in [-0.39, 0.29) is 0 Å². The van der Waals surface area contributed by atoms with Gasteiger partial charge in [0.15, 0.2) is 5.82 Å². The summed E-state index contributed by atoms with van der Waals surface area (Å²) < 4.78 is 6.04. The molecule has 1 aromatic carbocycles. The first-order valence-corrected chi connectivity index (χ1v) is 9.92. The largest absolute Gasteiger partial charge is 0.494 e. The Kier molecular flexibility index (Phi) is 6.85. The number of anilines is 1. The molecule has 1 aromatic heterocycles. The Labute approximate surface area is 167 Å². The molecule has 0 bridgehead atoms. The second kappa shape index (κ2) is 9.53. The number of piperidine rings is 1. The molecule has 2 aromatic rings. The van der Waals surface area contributed by atoms with E-state index in [9.17, 15) is 0 Å². The van der Waals surface area contributed by atoms with Crippen molar-refractivity contribution in [2.45, 2.75) is 40.0 Å². The summed E-state index contributed by atoms with van der Waals surface area (Å²) in [4.78, 5) is 7.12. The molecular weight excluding hydrogens is 352 g/mol. The van der Waals surface area contributed by atoms with Crippen molar-refractivity contribution >= 4 is 12.0 Å². The molecule has 1 aliphatic heterocycles. The second-order valence-corrected chi connectivity index (χ2v) is 7.49. The fourth-order valence-corrected chi connectivity index (χ4v) is 3.68. The number of aromatic nitrogens is 2. The maximum Gasteiger partial charge on any atom is 0.151 e. The van der Waals surface area contributed by atoms with Crippen LogP contribution in [-0.2, 0) is 4.84 Å². The Balaban J connectivity index is 1.46. The summed E-state index contributed by atoms with van der Waals surface area (Å²) in [7, 11) is 1.55.